The monoisotopic (exact) mass is 516 g/mol. The number of hydrogen-bond acceptors (Lipinski definition) is 3. The number of carbonyl (C=O) groups is 1. The smallest absolute Gasteiger partial charge is 0.251 e. The Labute approximate surface area is 210 Å². The second kappa shape index (κ2) is 9.98. The molecule has 3 aromatic carbocycles. The zero-order valence-corrected chi connectivity index (χ0v) is 21.3. The highest BCUT2D eigenvalue weighted by atomic mass is 35.5. The van der Waals surface area contributed by atoms with Crippen molar-refractivity contribution in [3.05, 3.63) is 98.5 Å². The van der Waals surface area contributed by atoms with E-state index in [1.807, 2.05) is 6.92 Å². The molecule has 0 spiro atoms. The molecule has 5 nitrogen and oxygen atoms in total. The summed E-state index contributed by atoms with van der Waals surface area (Å²) in [5, 5.41) is 3.50. The fourth-order valence-corrected chi connectivity index (χ4v) is 5.56. The zero-order valence-electron chi connectivity index (χ0n) is 19.0. The fourth-order valence-electron chi connectivity index (χ4n) is 4.22. The number of nitrogens with zero attached hydrogens (tertiary/aromatic N) is 1. The minimum Gasteiger partial charge on any atom is -0.346 e. The number of fused-ring (bicyclic) bond motifs is 1. The molecule has 1 aliphatic rings. The number of rotatable bonds is 7. The Morgan fingerprint density at radius 2 is 1.74 bits per heavy atom. The molecule has 1 amide bonds. The van der Waals surface area contributed by atoms with Gasteiger partial charge in [0, 0.05) is 5.56 Å². The molecule has 178 valence electrons. The number of benzene rings is 3. The lowest BCUT2D eigenvalue weighted by Crippen LogP contribution is -2.29. The summed E-state index contributed by atoms with van der Waals surface area (Å²) in [6, 6.07) is 18.0. The number of hydrogen-bond donors (Lipinski definition) is 1. The first-order valence-electron chi connectivity index (χ1n) is 11.1. The highest BCUT2D eigenvalue weighted by Gasteiger charge is 2.22. The second-order valence-corrected chi connectivity index (χ2v) is 11.3. The third kappa shape index (κ3) is 5.40. The lowest BCUT2D eigenvalue weighted by Gasteiger charge is -2.24. The topological polar surface area (TPSA) is 66.5 Å². The first-order chi connectivity index (χ1) is 16.1. The van der Waals surface area contributed by atoms with Gasteiger partial charge in [0.25, 0.3) is 5.91 Å². The summed E-state index contributed by atoms with van der Waals surface area (Å²) in [6.07, 6.45) is 4.53. The van der Waals surface area contributed by atoms with Gasteiger partial charge in [-0.05, 0) is 72.7 Å². The molecule has 4 rings (SSSR count). The van der Waals surface area contributed by atoms with Crippen LogP contribution in [0.2, 0.25) is 10.0 Å². The lowest BCUT2D eigenvalue weighted by molar-refractivity contribution is 0.0940. The van der Waals surface area contributed by atoms with E-state index < -0.39 is 10.0 Å². The van der Waals surface area contributed by atoms with Crippen molar-refractivity contribution >= 4 is 44.8 Å². The average molecular weight is 517 g/mol. The van der Waals surface area contributed by atoms with Gasteiger partial charge in [0.15, 0.2) is 0 Å². The maximum absolute atomic E-state index is 12.8. The van der Waals surface area contributed by atoms with Crippen LogP contribution in [0.15, 0.2) is 60.7 Å². The van der Waals surface area contributed by atoms with Gasteiger partial charge < -0.3 is 5.32 Å². The van der Waals surface area contributed by atoms with Crippen LogP contribution in [0.25, 0.3) is 0 Å². The van der Waals surface area contributed by atoms with Crippen LogP contribution < -0.4 is 9.62 Å². The zero-order chi connectivity index (χ0) is 24.5. The maximum Gasteiger partial charge on any atom is 0.251 e. The van der Waals surface area contributed by atoms with E-state index in [2.05, 4.69) is 23.5 Å². The quantitative estimate of drug-likeness (QED) is 0.422. The fraction of sp³-hybridized carbons (Fsp3) is 0.269. The molecule has 0 unspecified atom stereocenters. The molecule has 0 saturated carbocycles. The highest BCUT2D eigenvalue weighted by Crippen LogP contribution is 2.34. The van der Waals surface area contributed by atoms with E-state index in [4.69, 9.17) is 23.2 Å². The Morgan fingerprint density at radius 3 is 2.44 bits per heavy atom. The number of nitrogens with one attached hydrogen (secondary N) is 1. The number of halogens is 2. The van der Waals surface area contributed by atoms with Gasteiger partial charge in [0.05, 0.1) is 34.6 Å². The van der Waals surface area contributed by atoms with Gasteiger partial charge in [-0.2, -0.15) is 0 Å². The van der Waals surface area contributed by atoms with E-state index in [1.165, 1.54) is 21.9 Å². The van der Waals surface area contributed by atoms with E-state index in [0.29, 0.717) is 16.8 Å². The molecular weight excluding hydrogens is 491 g/mol. The van der Waals surface area contributed by atoms with Crippen LogP contribution in [0.1, 0.15) is 52.0 Å². The average Bonchev–Trinajstić information content (AvgIpc) is 3.27. The van der Waals surface area contributed by atoms with Crippen molar-refractivity contribution in [1.82, 2.24) is 5.32 Å². The van der Waals surface area contributed by atoms with E-state index in [-0.39, 0.29) is 28.5 Å². The van der Waals surface area contributed by atoms with Gasteiger partial charge >= 0.3 is 0 Å². The van der Waals surface area contributed by atoms with Crippen molar-refractivity contribution in [2.24, 2.45) is 0 Å². The molecule has 8 heteroatoms. The van der Waals surface area contributed by atoms with Gasteiger partial charge in [0.1, 0.15) is 0 Å². The summed E-state index contributed by atoms with van der Waals surface area (Å²) in [5.41, 5.74) is 5.39. The molecule has 1 aliphatic carbocycles. The number of carbonyl (C=O) groups excluding carboxylic acids is 1. The highest BCUT2D eigenvalue weighted by molar-refractivity contribution is 7.92. The van der Waals surface area contributed by atoms with Crippen LogP contribution in [-0.2, 0) is 29.4 Å². The van der Waals surface area contributed by atoms with Crippen LogP contribution in [0.3, 0.4) is 0 Å². The molecule has 0 heterocycles. The van der Waals surface area contributed by atoms with Crippen molar-refractivity contribution in [3.8, 4) is 0 Å². The van der Waals surface area contributed by atoms with Crippen LogP contribution in [0, 0.1) is 0 Å². The summed E-state index contributed by atoms with van der Waals surface area (Å²) in [6.45, 7) is 2.04. The summed E-state index contributed by atoms with van der Waals surface area (Å²) < 4.78 is 26.1. The van der Waals surface area contributed by atoms with E-state index in [1.54, 1.807) is 42.5 Å². The molecule has 0 aliphatic heterocycles. The largest absolute Gasteiger partial charge is 0.346 e. The summed E-state index contributed by atoms with van der Waals surface area (Å²) in [7, 11) is -3.62. The maximum atomic E-state index is 12.8. The number of anilines is 1. The first-order valence-corrected chi connectivity index (χ1v) is 13.7. The SMILES string of the molecule is C[C@H](NC(=O)c1ccc(CN(c2cccc(Cl)c2Cl)S(C)(=O)=O)cc1)c1ccc2c(c1)CCC2. The molecule has 0 fully saturated rings. The molecular formula is C26H26Cl2N2O3S. The predicted molar refractivity (Wildman–Crippen MR) is 138 cm³/mol. The van der Waals surface area contributed by atoms with E-state index >= 15 is 0 Å². The Balaban J connectivity index is 1.47. The third-order valence-corrected chi connectivity index (χ3v) is 8.05. The Bertz CT molecular complexity index is 1320. The van der Waals surface area contributed by atoms with Gasteiger partial charge in [-0.25, -0.2) is 8.42 Å². The second-order valence-electron chi connectivity index (χ2n) is 8.62. The van der Waals surface area contributed by atoms with E-state index in [9.17, 15) is 13.2 Å². The number of aryl methyl sites for hydroxylation is 2. The molecule has 3 aromatic rings. The van der Waals surface area contributed by atoms with Gasteiger partial charge in [0.2, 0.25) is 10.0 Å². The van der Waals surface area contributed by atoms with E-state index in [0.717, 1.165) is 24.7 Å². The van der Waals surface area contributed by atoms with Crippen molar-refractivity contribution in [2.75, 3.05) is 10.6 Å². The normalized spacial score (nSPS) is 13.9. The minimum absolute atomic E-state index is 0.0618. The summed E-state index contributed by atoms with van der Waals surface area (Å²) in [5.74, 6) is -0.183. The standard InChI is InChI=1S/C26H26Cl2N2O3S/c1-17(21-14-13-19-5-3-6-22(19)15-21)29-26(31)20-11-9-18(10-12-20)16-30(34(2,32)33)24-8-4-7-23(27)25(24)28/h4,7-15,17H,3,5-6,16H2,1-2H3,(H,29,31)/t17-/m0/s1. The van der Waals surface area contributed by atoms with Crippen LogP contribution >= 0.6 is 23.2 Å². The van der Waals surface area contributed by atoms with Crippen molar-refractivity contribution in [3.63, 3.8) is 0 Å². The molecule has 0 saturated heterocycles. The summed E-state index contributed by atoms with van der Waals surface area (Å²) >= 11 is 12.3. The number of sulfonamides is 1. The molecule has 1 atom stereocenters. The van der Waals surface area contributed by atoms with Crippen molar-refractivity contribution in [1.29, 1.82) is 0 Å². The lowest BCUT2D eigenvalue weighted by atomic mass is 10.0. The Morgan fingerprint density at radius 1 is 1.03 bits per heavy atom. The molecule has 0 radical (unpaired) electrons. The molecule has 34 heavy (non-hydrogen) atoms. The van der Waals surface area contributed by atoms with Crippen LogP contribution in [0.4, 0.5) is 5.69 Å². The predicted octanol–water partition coefficient (Wildman–Crippen LogP) is 5.94. The van der Waals surface area contributed by atoms with Gasteiger partial charge in [-0.15, -0.1) is 0 Å². The molecule has 1 N–H and O–H groups in total. The van der Waals surface area contributed by atoms with Gasteiger partial charge in [-0.1, -0.05) is 59.6 Å². The van der Waals surface area contributed by atoms with Gasteiger partial charge in [-0.3, -0.25) is 9.10 Å². The number of amides is 1. The van der Waals surface area contributed by atoms with Crippen molar-refractivity contribution < 1.29 is 13.2 Å². The molecule has 0 aromatic heterocycles. The minimum atomic E-state index is -3.62. The molecule has 0 bridgehead atoms. The van der Waals surface area contributed by atoms with Crippen molar-refractivity contribution in [2.45, 2.75) is 38.8 Å². The van der Waals surface area contributed by atoms with Crippen LogP contribution in [-0.4, -0.2) is 20.6 Å². The third-order valence-electron chi connectivity index (χ3n) is 6.11. The Hall–Kier alpha value is -2.54. The summed E-state index contributed by atoms with van der Waals surface area (Å²) in [4.78, 5) is 12.8. The van der Waals surface area contributed by atoms with Crippen LogP contribution in [0.5, 0.6) is 0 Å². The first kappa shape index (κ1) is 24.6. The Kier molecular flexibility index (Phi) is 7.22.